The van der Waals surface area contributed by atoms with Gasteiger partial charge in [0.1, 0.15) is 5.82 Å². The molecule has 1 aromatic heterocycles. The van der Waals surface area contributed by atoms with E-state index in [1.807, 2.05) is 6.20 Å². The van der Waals surface area contributed by atoms with E-state index in [0.717, 1.165) is 37.1 Å². The number of nitrogens with zero attached hydrogens (tertiary/aromatic N) is 2. The van der Waals surface area contributed by atoms with Crippen LogP contribution in [-0.2, 0) is 13.0 Å². The monoisotopic (exact) mass is 248 g/mol. The molecular weight excluding hydrogens is 224 g/mol. The molecule has 3 atom stereocenters. The van der Waals surface area contributed by atoms with Gasteiger partial charge in [-0.05, 0) is 37.0 Å². The highest BCUT2D eigenvalue weighted by Crippen LogP contribution is 2.59. The molecule has 2 saturated carbocycles. The first-order valence-corrected chi connectivity index (χ1v) is 7.31. The van der Waals surface area contributed by atoms with Crippen LogP contribution in [0.15, 0.2) is 12.4 Å². The Kier molecular flexibility index (Phi) is 3.39. The van der Waals surface area contributed by atoms with E-state index in [1.54, 1.807) is 0 Å². The minimum absolute atomic E-state index is 0.415. The van der Waals surface area contributed by atoms with Gasteiger partial charge in [-0.25, -0.2) is 4.98 Å². The molecule has 2 aliphatic carbocycles. The van der Waals surface area contributed by atoms with Gasteiger partial charge in [-0.1, -0.05) is 13.3 Å². The van der Waals surface area contributed by atoms with Gasteiger partial charge in [0.05, 0.1) is 0 Å². The predicted octanol–water partition coefficient (Wildman–Crippen LogP) is 1.71. The molecule has 0 radical (unpaired) electrons. The Hall–Kier alpha value is -0.870. The molecule has 2 aliphatic rings. The van der Waals surface area contributed by atoms with Crippen LogP contribution in [0, 0.1) is 17.8 Å². The van der Waals surface area contributed by atoms with E-state index in [0.29, 0.717) is 6.04 Å². The van der Waals surface area contributed by atoms with E-state index in [4.69, 9.17) is 5.84 Å². The molecule has 3 rings (SSSR count). The van der Waals surface area contributed by atoms with Crippen LogP contribution in [0.5, 0.6) is 0 Å². The number of hydrogen-bond acceptors (Lipinski definition) is 3. The second kappa shape index (κ2) is 5.02. The van der Waals surface area contributed by atoms with Crippen molar-refractivity contribution in [1.29, 1.82) is 0 Å². The maximum absolute atomic E-state index is 5.77. The van der Waals surface area contributed by atoms with Crippen LogP contribution in [-0.4, -0.2) is 15.6 Å². The Morgan fingerprint density at radius 1 is 1.50 bits per heavy atom. The summed E-state index contributed by atoms with van der Waals surface area (Å²) < 4.78 is 2.27. The quantitative estimate of drug-likeness (QED) is 0.595. The zero-order valence-electron chi connectivity index (χ0n) is 11.2. The Balaban J connectivity index is 1.65. The summed E-state index contributed by atoms with van der Waals surface area (Å²) in [6.45, 7) is 3.26. The third kappa shape index (κ3) is 2.08. The Labute approximate surface area is 109 Å². The highest BCUT2D eigenvalue weighted by molar-refractivity contribution is 5.08. The number of nitrogens with two attached hydrogens (primary N) is 1. The molecular formula is C14H24N4. The van der Waals surface area contributed by atoms with Gasteiger partial charge in [0.25, 0.3) is 0 Å². The Morgan fingerprint density at radius 2 is 2.28 bits per heavy atom. The highest BCUT2D eigenvalue weighted by Gasteiger charge is 2.55. The molecule has 0 saturated heterocycles. The van der Waals surface area contributed by atoms with Crippen LogP contribution in [0.1, 0.15) is 38.4 Å². The van der Waals surface area contributed by atoms with Gasteiger partial charge in [0.15, 0.2) is 0 Å². The lowest BCUT2D eigenvalue weighted by molar-refractivity contribution is 0.398. The summed E-state index contributed by atoms with van der Waals surface area (Å²) in [4.78, 5) is 4.49. The van der Waals surface area contributed by atoms with E-state index >= 15 is 0 Å². The van der Waals surface area contributed by atoms with Gasteiger partial charge >= 0.3 is 0 Å². The van der Waals surface area contributed by atoms with Gasteiger partial charge in [-0.15, -0.1) is 0 Å². The molecule has 0 amide bonds. The van der Waals surface area contributed by atoms with Crippen LogP contribution in [0.2, 0.25) is 0 Å². The number of nitrogens with one attached hydrogen (secondary N) is 1. The van der Waals surface area contributed by atoms with Gasteiger partial charge in [0, 0.05) is 31.4 Å². The third-order valence-corrected chi connectivity index (χ3v) is 4.82. The van der Waals surface area contributed by atoms with Crippen LogP contribution < -0.4 is 11.3 Å². The van der Waals surface area contributed by atoms with Crippen molar-refractivity contribution >= 4 is 0 Å². The van der Waals surface area contributed by atoms with E-state index in [2.05, 4.69) is 28.1 Å². The fraction of sp³-hybridized carbons (Fsp3) is 0.786. The summed E-state index contributed by atoms with van der Waals surface area (Å²) in [6.07, 6.45) is 10.4. The number of rotatable bonds is 6. The third-order valence-electron chi connectivity index (χ3n) is 4.82. The van der Waals surface area contributed by atoms with E-state index < -0.39 is 0 Å². The second-order valence-corrected chi connectivity index (χ2v) is 5.85. The number of aromatic nitrogens is 2. The van der Waals surface area contributed by atoms with Crippen molar-refractivity contribution in [3.63, 3.8) is 0 Å². The first kappa shape index (κ1) is 12.2. The van der Waals surface area contributed by atoms with Crippen LogP contribution in [0.3, 0.4) is 0 Å². The van der Waals surface area contributed by atoms with Gasteiger partial charge < -0.3 is 4.57 Å². The normalized spacial score (nSPS) is 31.3. The molecule has 18 heavy (non-hydrogen) atoms. The van der Waals surface area contributed by atoms with Gasteiger partial charge in [-0.3, -0.25) is 11.3 Å². The van der Waals surface area contributed by atoms with Crippen LogP contribution in [0.4, 0.5) is 0 Å². The fourth-order valence-corrected chi connectivity index (χ4v) is 3.95. The molecule has 0 spiro atoms. The van der Waals surface area contributed by atoms with E-state index in [-0.39, 0.29) is 0 Å². The van der Waals surface area contributed by atoms with Gasteiger partial charge in [0.2, 0.25) is 0 Å². The number of imidazole rings is 1. The first-order valence-electron chi connectivity index (χ1n) is 7.31. The lowest BCUT2D eigenvalue weighted by atomic mass is 10.0. The SMILES string of the molecule is CCCn1ccnc1CC(NN)C1C2CCCC21. The smallest absolute Gasteiger partial charge is 0.110 e. The number of aryl methyl sites for hydroxylation is 1. The fourth-order valence-electron chi connectivity index (χ4n) is 3.95. The lowest BCUT2D eigenvalue weighted by Crippen LogP contribution is -2.40. The number of fused-ring (bicyclic) bond motifs is 1. The molecule has 1 heterocycles. The van der Waals surface area contributed by atoms with Crippen LogP contribution >= 0.6 is 0 Å². The minimum Gasteiger partial charge on any atom is -0.335 e. The standard InChI is InChI=1S/C14H24N4/c1-2-7-18-8-6-16-13(18)9-12(17-15)14-10-4-3-5-11(10)14/h6,8,10-12,14,17H,2-5,7,9,15H2,1H3. The van der Waals surface area contributed by atoms with Gasteiger partial charge in [-0.2, -0.15) is 0 Å². The second-order valence-electron chi connectivity index (χ2n) is 5.85. The zero-order valence-corrected chi connectivity index (χ0v) is 11.2. The predicted molar refractivity (Wildman–Crippen MR) is 71.7 cm³/mol. The summed E-state index contributed by atoms with van der Waals surface area (Å²) in [7, 11) is 0. The highest BCUT2D eigenvalue weighted by atomic mass is 15.2. The van der Waals surface area contributed by atoms with E-state index in [1.165, 1.54) is 25.1 Å². The van der Waals surface area contributed by atoms with Crippen molar-refractivity contribution in [3.05, 3.63) is 18.2 Å². The summed E-state index contributed by atoms with van der Waals surface area (Å²) >= 11 is 0. The topological polar surface area (TPSA) is 55.9 Å². The van der Waals surface area contributed by atoms with Crippen molar-refractivity contribution < 1.29 is 0 Å². The van der Waals surface area contributed by atoms with Crippen LogP contribution in [0.25, 0.3) is 0 Å². The van der Waals surface area contributed by atoms with Crippen molar-refractivity contribution in [2.45, 2.75) is 51.6 Å². The number of hydrazine groups is 1. The summed E-state index contributed by atoms with van der Waals surface area (Å²) in [6, 6.07) is 0.415. The molecule has 100 valence electrons. The largest absolute Gasteiger partial charge is 0.335 e. The lowest BCUT2D eigenvalue weighted by Gasteiger charge is -2.18. The molecule has 3 unspecified atom stereocenters. The molecule has 3 N–H and O–H groups in total. The van der Waals surface area contributed by atoms with Crippen molar-refractivity contribution in [3.8, 4) is 0 Å². The number of hydrogen-bond donors (Lipinski definition) is 2. The average Bonchev–Trinajstić information content (AvgIpc) is 2.78. The summed E-state index contributed by atoms with van der Waals surface area (Å²) in [5, 5.41) is 0. The minimum atomic E-state index is 0.415. The zero-order chi connectivity index (χ0) is 12.5. The first-order chi connectivity index (χ1) is 8.85. The Morgan fingerprint density at radius 3 is 2.94 bits per heavy atom. The molecule has 0 aliphatic heterocycles. The molecule has 4 heteroatoms. The molecule has 0 bridgehead atoms. The summed E-state index contributed by atoms with van der Waals surface area (Å²) in [5.41, 5.74) is 3.05. The van der Waals surface area contributed by atoms with Crippen molar-refractivity contribution in [1.82, 2.24) is 15.0 Å². The molecule has 0 aromatic carbocycles. The maximum atomic E-state index is 5.77. The van der Waals surface area contributed by atoms with Crippen molar-refractivity contribution in [2.24, 2.45) is 23.6 Å². The van der Waals surface area contributed by atoms with E-state index in [9.17, 15) is 0 Å². The Bertz CT molecular complexity index is 390. The average molecular weight is 248 g/mol. The molecule has 1 aromatic rings. The molecule has 2 fully saturated rings. The molecule has 4 nitrogen and oxygen atoms in total. The summed E-state index contributed by atoms with van der Waals surface area (Å²) in [5.74, 6) is 9.65. The maximum Gasteiger partial charge on any atom is 0.110 e. The van der Waals surface area contributed by atoms with Crippen molar-refractivity contribution in [2.75, 3.05) is 0 Å².